The van der Waals surface area contributed by atoms with Crippen molar-refractivity contribution in [3.05, 3.63) is 166 Å². The number of aliphatic carboxylic acids is 1. The Hall–Kier alpha value is -6.47. The third-order valence-corrected chi connectivity index (χ3v) is 7.32. The van der Waals surface area contributed by atoms with E-state index in [9.17, 15) is 38.4 Å². The second-order valence-corrected chi connectivity index (χ2v) is 11.0. The minimum Gasteiger partial charge on any atom is -0.478 e. The third-order valence-electron chi connectivity index (χ3n) is 7.32. The fourth-order valence-corrected chi connectivity index (χ4v) is 4.36. The van der Waals surface area contributed by atoms with Gasteiger partial charge in [-0.25, -0.2) is 19.4 Å². The van der Waals surface area contributed by atoms with Gasteiger partial charge in [0.1, 0.15) is 0 Å². The molecule has 1 amide bonds. The zero-order chi connectivity index (χ0) is 40.3. The Labute approximate surface area is 351 Å². The van der Waals surface area contributed by atoms with Gasteiger partial charge < -0.3 is 14.6 Å². The second kappa shape index (κ2) is 23.3. The van der Waals surface area contributed by atoms with E-state index in [1.807, 2.05) is 0 Å². The number of methoxy groups -OCH3 is 2. The number of nitrogens with zero attached hydrogens (tertiary/aromatic N) is 1. The average molecular weight is 780 g/mol. The molecule has 0 radical (unpaired) electrons. The number of carboxylic acid groups (broad SMARTS) is 1. The van der Waals surface area contributed by atoms with Crippen molar-refractivity contribution in [3.63, 3.8) is 0 Å². The van der Waals surface area contributed by atoms with Gasteiger partial charge in [0.2, 0.25) is 23.1 Å². The summed E-state index contributed by atoms with van der Waals surface area (Å²) in [5.74, 6) is -5.13. The quantitative estimate of drug-likeness (QED) is 0.0504. The molecule has 0 unspecified atom stereocenters. The molecule has 4 aromatic rings. The predicted octanol–water partition coefficient (Wildman–Crippen LogP) is 6.22. The second-order valence-electron chi connectivity index (χ2n) is 11.0. The molecule has 0 atom stereocenters. The molecule has 0 bridgehead atoms. The van der Waals surface area contributed by atoms with Gasteiger partial charge in [-0.2, -0.15) is 0 Å². The maximum Gasteiger partial charge on any atom is 0.330 e. The Bertz CT molecular complexity index is 2210. The van der Waals surface area contributed by atoms with E-state index in [4.69, 9.17) is 5.11 Å². The van der Waals surface area contributed by atoms with Crippen LogP contribution in [0.3, 0.4) is 0 Å². The van der Waals surface area contributed by atoms with Gasteiger partial charge in [-0.05, 0) is 53.3 Å². The van der Waals surface area contributed by atoms with E-state index in [2.05, 4.69) is 21.2 Å². The molecule has 0 aliphatic rings. The van der Waals surface area contributed by atoms with Crippen molar-refractivity contribution in [1.82, 2.24) is 0 Å². The molecule has 12 nitrogen and oxygen atoms in total. The Morgan fingerprint density at radius 1 is 0.464 bits per heavy atom. The summed E-state index contributed by atoms with van der Waals surface area (Å²) in [6.45, 7) is 3.13. The number of ether oxygens (including phenoxy) is 2. The number of carbonyl (C=O) groups excluding carboxylic acids is 7. The number of Topliss-reactive ketones (excluding diaryl/α,β-unsaturated/α-hetero) is 4. The van der Waals surface area contributed by atoms with Crippen LogP contribution in [0.2, 0.25) is 0 Å². The van der Waals surface area contributed by atoms with E-state index in [0.29, 0.717) is 22.3 Å². The monoisotopic (exact) mass is 779 g/mol. The number of esters is 2. The van der Waals surface area contributed by atoms with E-state index in [0.717, 1.165) is 6.08 Å². The fraction of sp³-hybridized carbons (Fsp3) is 0.0465. The van der Waals surface area contributed by atoms with Crippen LogP contribution in [0.25, 0.3) is 24.3 Å². The molecule has 0 heterocycles. The van der Waals surface area contributed by atoms with Crippen LogP contribution in [0, 0.1) is 37.7 Å². The van der Waals surface area contributed by atoms with E-state index in [1.54, 1.807) is 54.6 Å². The molecule has 0 aliphatic carbocycles. The number of benzene rings is 4. The molecular formula is C43H33ArNO11. The maximum atomic E-state index is 12.4. The fourth-order valence-electron chi connectivity index (χ4n) is 4.36. The predicted molar refractivity (Wildman–Crippen MR) is 205 cm³/mol. The topological polar surface area (TPSA) is 188 Å². The van der Waals surface area contributed by atoms with E-state index < -0.39 is 46.9 Å². The third kappa shape index (κ3) is 14.7. The summed E-state index contributed by atoms with van der Waals surface area (Å²) in [5, 5.41) is 8.60. The van der Waals surface area contributed by atoms with Gasteiger partial charge in [-0.15, -0.1) is 0 Å². The van der Waals surface area contributed by atoms with Gasteiger partial charge in [0.25, 0.3) is 5.91 Å². The van der Waals surface area contributed by atoms with Crippen LogP contribution in [0.15, 0.2) is 126 Å². The van der Waals surface area contributed by atoms with Gasteiger partial charge in [0, 0.05) is 84.3 Å². The summed E-state index contributed by atoms with van der Waals surface area (Å²) in [4.78, 5) is 96.4. The Morgan fingerprint density at radius 3 is 0.946 bits per heavy atom. The number of carboxylic acids is 1. The molecule has 0 saturated carbocycles. The molecule has 4 rings (SSSR count). The van der Waals surface area contributed by atoms with Gasteiger partial charge >= 0.3 is 17.9 Å². The van der Waals surface area contributed by atoms with Crippen molar-refractivity contribution >= 4 is 78.0 Å². The maximum absolute atomic E-state index is 12.4. The SMILES string of the molecule is C=NC(=O)/C=C/c1ccc(C(=O)C(=O)c2ccc(/C=C/C(=O)OC)cc2)cc1.COC(=O)/C=C/c1ccc(C(=O)C(=O)c2ccc(/C=C/C(=O)O)cc2)cc1.[Ar]. The van der Waals surface area contributed by atoms with Crippen molar-refractivity contribution in [3.8, 4) is 0 Å². The van der Waals surface area contributed by atoms with Crippen molar-refractivity contribution in [2.75, 3.05) is 14.2 Å². The summed E-state index contributed by atoms with van der Waals surface area (Å²) < 4.78 is 8.99. The molecule has 56 heavy (non-hydrogen) atoms. The number of hydrogen-bond donors (Lipinski definition) is 1. The average Bonchev–Trinajstić information content (AvgIpc) is 3.22. The summed E-state index contributed by atoms with van der Waals surface area (Å²) in [5.41, 5.74) is 3.57. The summed E-state index contributed by atoms with van der Waals surface area (Å²) in [7, 11) is 2.55. The van der Waals surface area contributed by atoms with Crippen molar-refractivity contribution in [2.45, 2.75) is 0 Å². The van der Waals surface area contributed by atoms with Gasteiger partial charge in [0.15, 0.2) is 0 Å². The van der Waals surface area contributed by atoms with Gasteiger partial charge in [-0.1, -0.05) is 97.1 Å². The molecule has 0 aliphatic heterocycles. The summed E-state index contributed by atoms with van der Waals surface area (Å²) in [6, 6.07) is 24.8. The van der Waals surface area contributed by atoms with Crippen LogP contribution in [-0.4, -0.2) is 73.0 Å². The number of ketones is 4. The van der Waals surface area contributed by atoms with Crippen LogP contribution in [0.1, 0.15) is 63.7 Å². The number of carbonyl (C=O) groups is 8. The Balaban J connectivity index is 0.000000380. The zero-order valence-corrected chi connectivity index (χ0v) is 30.6. The zero-order valence-electron chi connectivity index (χ0n) is 29.9. The molecular weight excluding hydrogens is 746 g/mol. The Morgan fingerprint density at radius 2 is 0.714 bits per heavy atom. The first-order valence-electron chi connectivity index (χ1n) is 16.0. The van der Waals surface area contributed by atoms with E-state index in [-0.39, 0.29) is 60.0 Å². The van der Waals surface area contributed by atoms with E-state index in [1.165, 1.54) is 99.2 Å². The minimum atomic E-state index is -1.07. The van der Waals surface area contributed by atoms with Crippen LogP contribution in [0.4, 0.5) is 0 Å². The van der Waals surface area contributed by atoms with Crippen LogP contribution >= 0.6 is 0 Å². The summed E-state index contributed by atoms with van der Waals surface area (Å²) >= 11 is 0. The first kappa shape index (κ1) is 45.7. The first-order chi connectivity index (χ1) is 26.3. The molecule has 4 aromatic carbocycles. The van der Waals surface area contributed by atoms with Crippen molar-refractivity contribution < 1.29 is 90.7 Å². The van der Waals surface area contributed by atoms with E-state index >= 15 is 0 Å². The van der Waals surface area contributed by atoms with Crippen LogP contribution in [0.5, 0.6) is 0 Å². The molecule has 0 fully saturated rings. The smallest absolute Gasteiger partial charge is 0.330 e. The van der Waals surface area contributed by atoms with Crippen molar-refractivity contribution in [2.24, 2.45) is 4.99 Å². The standard InChI is InChI=1S/C22H17NO5.C21H16O6.Ar/c1-23-19(24)13-7-15-3-9-17(10-4-15)21(26)22(27)18-11-5-16(6-12-18)8-14-20(25)28-2;1-27-19(24)13-7-15-4-10-17(11-5-15)21(26)20(25)16-8-2-14(3-9-16)6-12-18(22)23;/h3-14H,1H2,2H3;2-13H,1H3,(H,22,23);/b13-7+,14-8+;12-6+,13-7+;. The molecule has 1 N–H and O–H groups in total. The molecule has 13 heteroatoms. The number of aliphatic imine (C=N–C) groups is 1. The normalized spacial score (nSPS) is 10.6. The first-order valence-corrected chi connectivity index (χ1v) is 16.0. The Kier molecular flexibility index (Phi) is 19.0. The van der Waals surface area contributed by atoms with Gasteiger partial charge in [0.05, 0.1) is 14.2 Å². The number of rotatable bonds is 14. The van der Waals surface area contributed by atoms with Crippen molar-refractivity contribution in [1.29, 1.82) is 0 Å². The molecule has 0 saturated heterocycles. The number of hydrogen-bond acceptors (Lipinski definition) is 10. The number of amides is 1. The minimum absolute atomic E-state index is 0. The van der Waals surface area contributed by atoms with Crippen LogP contribution < -0.4 is 0 Å². The van der Waals surface area contributed by atoms with Gasteiger partial charge in [-0.3, -0.25) is 24.0 Å². The molecule has 0 spiro atoms. The van der Waals surface area contributed by atoms with Crippen LogP contribution in [-0.2, 0) is 28.7 Å². The largest absolute Gasteiger partial charge is 0.478 e. The molecule has 0 aromatic heterocycles. The molecule has 284 valence electrons. The summed E-state index contributed by atoms with van der Waals surface area (Å²) in [6.07, 6.45) is 10.8.